The van der Waals surface area contributed by atoms with E-state index in [1.165, 1.54) is 12.7 Å². The third-order valence-corrected chi connectivity index (χ3v) is 2.67. The molecule has 100 valence electrons. The molecule has 4 heteroatoms. The lowest BCUT2D eigenvalue weighted by molar-refractivity contribution is -0.119. The van der Waals surface area contributed by atoms with Gasteiger partial charge in [0.1, 0.15) is 6.61 Å². The van der Waals surface area contributed by atoms with Gasteiger partial charge in [-0.05, 0) is 30.5 Å². The Morgan fingerprint density at radius 3 is 2.61 bits per heavy atom. The highest BCUT2D eigenvalue weighted by atomic mass is 16.5. The van der Waals surface area contributed by atoms with Crippen LogP contribution in [0.2, 0.25) is 0 Å². The largest absolute Gasteiger partial charge is 0.375 e. The van der Waals surface area contributed by atoms with Crippen LogP contribution in [0.3, 0.4) is 0 Å². The molecule has 1 rings (SSSR count). The summed E-state index contributed by atoms with van der Waals surface area (Å²) in [6.07, 6.45) is 3.01. The number of methoxy groups -OCH3 is 1. The Morgan fingerprint density at radius 1 is 1.39 bits per heavy atom. The Labute approximate surface area is 109 Å². The van der Waals surface area contributed by atoms with Gasteiger partial charge in [-0.1, -0.05) is 25.5 Å². The summed E-state index contributed by atoms with van der Waals surface area (Å²) in [6.45, 7) is 2.21. The highest BCUT2D eigenvalue weighted by Gasteiger charge is 2.04. The number of carbonyl (C=O) groups is 1. The first-order valence-electron chi connectivity index (χ1n) is 6.29. The van der Waals surface area contributed by atoms with Crippen molar-refractivity contribution < 1.29 is 9.53 Å². The molecule has 18 heavy (non-hydrogen) atoms. The Kier molecular flexibility index (Phi) is 6.39. The van der Waals surface area contributed by atoms with Gasteiger partial charge in [0, 0.05) is 18.8 Å². The van der Waals surface area contributed by atoms with E-state index in [1.807, 2.05) is 24.3 Å². The smallest absolute Gasteiger partial charge is 0.250 e. The summed E-state index contributed by atoms with van der Waals surface area (Å²) in [5, 5.41) is 2.75. The summed E-state index contributed by atoms with van der Waals surface area (Å²) in [5.41, 5.74) is 7.97. The molecule has 3 N–H and O–H groups in total. The van der Waals surface area contributed by atoms with Crippen LogP contribution in [0.4, 0.5) is 5.69 Å². The molecule has 0 radical (unpaired) electrons. The Morgan fingerprint density at radius 2 is 2.06 bits per heavy atom. The van der Waals surface area contributed by atoms with Crippen LogP contribution < -0.4 is 11.1 Å². The fourth-order valence-corrected chi connectivity index (χ4v) is 1.83. The summed E-state index contributed by atoms with van der Waals surface area (Å²) >= 11 is 0. The van der Waals surface area contributed by atoms with E-state index in [0.29, 0.717) is 0 Å². The van der Waals surface area contributed by atoms with Crippen molar-refractivity contribution in [2.24, 2.45) is 5.73 Å². The third kappa shape index (κ3) is 5.29. The number of carbonyl (C=O) groups excluding carboxylic acids is 1. The maximum absolute atomic E-state index is 11.3. The summed E-state index contributed by atoms with van der Waals surface area (Å²) in [5.74, 6) is -0.145. The van der Waals surface area contributed by atoms with Crippen molar-refractivity contribution in [2.75, 3.05) is 19.0 Å². The molecule has 1 aromatic carbocycles. The number of rotatable bonds is 7. The van der Waals surface area contributed by atoms with Crippen molar-refractivity contribution in [1.82, 2.24) is 0 Å². The summed E-state index contributed by atoms with van der Waals surface area (Å²) in [7, 11) is 1.50. The quantitative estimate of drug-likeness (QED) is 0.777. The molecule has 4 nitrogen and oxygen atoms in total. The topological polar surface area (TPSA) is 64.3 Å². The zero-order valence-electron chi connectivity index (χ0n) is 11.1. The fourth-order valence-electron chi connectivity index (χ4n) is 1.83. The highest BCUT2D eigenvalue weighted by Crippen LogP contribution is 2.12. The first-order valence-corrected chi connectivity index (χ1v) is 6.29. The number of hydrogen-bond donors (Lipinski definition) is 2. The molecule has 1 amide bonds. The molecule has 0 aliphatic carbocycles. The standard InChI is InChI=1S/C14H22N2O2/c1-3-4-12(15)9-11-5-7-13(8-6-11)16-14(17)10-18-2/h5-8,12H,3-4,9-10,15H2,1-2H3,(H,16,17). The first kappa shape index (κ1) is 14.7. The van der Waals surface area contributed by atoms with Crippen molar-refractivity contribution in [1.29, 1.82) is 0 Å². The highest BCUT2D eigenvalue weighted by molar-refractivity contribution is 5.91. The minimum Gasteiger partial charge on any atom is -0.375 e. The maximum atomic E-state index is 11.3. The van der Waals surface area contributed by atoms with Crippen molar-refractivity contribution in [3.05, 3.63) is 29.8 Å². The van der Waals surface area contributed by atoms with E-state index in [1.54, 1.807) is 0 Å². The van der Waals surface area contributed by atoms with Crippen LogP contribution in [0.15, 0.2) is 24.3 Å². The second kappa shape index (κ2) is 7.84. The fraction of sp³-hybridized carbons (Fsp3) is 0.500. The van der Waals surface area contributed by atoms with Gasteiger partial charge in [0.05, 0.1) is 0 Å². The molecule has 1 unspecified atom stereocenters. The number of amides is 1. The second-order valence-electron chi connectivity index (χ2n) is 4.43. The summed E-state index contributed by atoms with van der Waals surface area (Å²) in [4.78, 5) is 11.3. The average Bonchev–Trinajstić information content (AvgIpc) is 2.32. The average molecular weight is 250 g/mol. The maximum Gasteiger partial charge on any atom is 0.250 e. The lowest BCUT2D eigenvalue weighted by Gasteiger charge is -2.11. The Bertz CT molecular complexity index is 363. The number of nitrogens with one attached hydrogen (secondary N) is 1. The molecule has 0 aliphatic heterocycles. The molecular formula is C14H22N2O2. The van der Waals surface area contributed by atoms with Gasteiger partial charge in [0.25, 0.3) is 0 Å². The lowest BCUT2D eigenvalue weighted by Crippen LogP contribution is -2.22. The van der Waals surface area contributed by atoms with Gasteiger partial charge in [-0.2, -0.15) is 0 Å². The van der Waals surface area contributed by atoms with Crippen molar-refractivity contribution in [2.45, 2.75) is 32.2 Å². The van der Waals surface area contributed by atoms with E-state index in [2.05, 4.69) is 12.2 Å². The zero-order valence-corrected chi connectivity index (χ0v) is 11.1. The van der Waals surface area contributed by atoms with E-state index in [-0.39, 0.29) is 18.6 Å². The first-order chi connectivity index (χ1) is 8.65. The molecule has 0 aliphatic rings. The molecule has 0 fully saturated rings. The van der Waals surface area contributed by atoms with E-state index < -0.39 is 0 Å². The molecule has 0 heterocycles. The molecule has 0 aromatic heterocycles. The van der Waals surface area contributed by atoms with Gasteiger partial charge in [-0.25, -0.2) is 0 Å². The lowest BCUT2D eigenvalue weighted by atomic mass is 10.0. The van der Waals surface area contributed by atoms with Gasteiger partial charge < -0.3 is 15.8 Å². The van der Waals surface area contributed by atoms with Crippen LogP contribution in [0.5, 0.6) is 0 Å². The number of anilines is 1. The van der Waals surface area contributed by atoms with E-state index in [4.69, 9.17) is 10.5 Å². The van der Waals surface area contributed by atoms with E-state index in [9.17, 15) is 4.79 Å². The predicted molar refractivity (Wildman–Crippen MR) is 73.5 cm³/mol. The predicted octanol–water partition coefficient (Wildman–Crippen LogP) is 1.94. The SMILES string of the molecule is CCCC(N)Cc1ccc(NC(=O)COC)cc1. The van der Waals surface area contributed by atoms with Gasteiger partial charge in [0.15, 0.2) is 0 Å². The molecule has 0 spiro atoms. The van der Waals surface area contributed by atoms with Crippen LogP contribution in [0.25, 0.3) is 0 Å². The van der Waals surface area contributed by atoms with Gasteiger partial charge in [-0.3, -0.25) is 4.79 Å². The number of ether oxygens (including phenoxy) is 1. The summed E-state index contributed by atoms with van der Waals surface area (Å²) < 4.78 is 4.75. The van der Waals surface area contributed by atoms with Crippen LogP contribution in [-0.4, -0.2) is 25.7 Å². The third-order valence-electron chi connectivity index (χ3n) is 2.67. The molecule has 0 bridgehead atoms. The van der Waals surface area contributed by atoms with Crippen LogP contribution in [0, 0.1) is 0 Å². The minimum atomic E-state index is -0.145. The molecule has 1 atom stereocenters. The van der Waals surface area contributed by atoms with Crippen LogP contribution >= 0.6 is 0 Å². The molecule has 0 saturated carbocycles. The van der Waals surface area contributed by atoms with E-state index >= 15 is 0 Å². The van der Waals surface area contributed by atoms with E-state index in [0.717, 1.165) is 24.9 Å². The van der Waals surface area contributed by atoms with Crippen LogP contribution in [-0.2, 0) is 16.0 Å². The number of hydrogen-bond acceptors (Lipinski definition) is 3. The summed E-state index contributed by atoms with van der Waals surface area (Å²) in [6, 6.07) is 7.99. The van der Waals surface area contributed by atoms with Gasteiger partial charge in [0.2, 0.25) is 5.91 Å². The van der Waals surface area contributed by atoms with Gasteiger partial charge in [-0.15, -0.1) is 0 Å². The second-order valence-corrected chi connectivity index (χ2v) is 4.43. The monoisotopic (exact) mass is 250 g/mol. The molecule has 0 saturated heterocycles. The Balaban J connectivity index is 2.49. The Hall–Kier alpha value is -1.39. The zero-order chi connectivity index (χ0) is 13.4. The molecule has 1 aromatic rings. The van der Waals surface area contributed by atoms with Gasteiger partial charge >= 0.3 is 0 Å². The van der Waals surface area contributed by atoms with Crippen LogP contribution in [0.1, 0.15) is 25.3 Å². The number of benzene rings is 1. The molecular weight excluding hydrogens is 228 g/mol. The van der Waals surface area contributed by atoms with Crippen molar-refractivity contribution in [3.63, 3.8) is 0 Å². The van der Waals surface area contributed by atoms with Crippen molar-refractivity contribution >= 4 is 11.6 Å². The number of nitrogens with two attached hydrogens (primary N) is 1. The minimum absolute atomic E-state index is 0.0725. The normalized spacial score (nSPS) is 12.2. The van der Waals surface area contributed by atoms with Crippen molar-refractivity contribution in [3.8, 4) is 0 Å².